The fourth-order valence-electron chi connectivity index (χ4n) is 1.32. The summed E-state index contributed by atoms with van der Waals surface area (Å²) in [6.45, 7) is 0. The molecule has 1 saturated carbocycles. The van der Waals surface area contributed by atoms with Crippen molar-refractivity contribution in [2.24, 2.45) is 0 Å². The first-order chi connectivity index (χ1) is 6.81. The van der Waals surface area contributed by atoms with E-state index in [4.69, 9.17) is 6.42 Å². The van der Waals surface area contributed by atoms with Gasteiger partial charge in [-0.2, -0.15) is 0 Å². The number of halogens is 1. The average Bonchev–Trinajstić information content (AvgIpc) is 3.00. The molecule has 2 nitrogen and oxygen atoms in total. The van der Waals surface area contributed by atoms with Crippen molar-refractivity contribution in [2.45, 2.75) is 31.6 Å². The summed E-state index contributed by atoms with van der Waals surface area (Å²) in [4.78, 5) is 8.82. The molecule has 14 heavy (non-hydrogen) atoms. The van der Waals surface area contributed by atoms with Crippen LogP contribution in [-0.2, 0) is 6.42 Å². The van der Waals surface area contributed by atoms with E-state index < -0.39 is 0 Å². The Kier molecular flexibility index (Phi) is 2.83. The van der Waals surface area contributed by atoms with Gasteiger partial charge in [0.1, 0.15) is 5.82 Å². The van der Waals surface area contributed by atoms with Gasteiger partial charge in [0.15, 0.2) is 0 Å². The van der Waals surface area contributed by atoms with Gasteiger partial charge in [0.25, 0.3) is 0 Å². The van der Waals surface area contributed by atoms with Gasteiger partial charge in [0.2, 0.25) is 0 Å². The molecule has 0 unspecified atom stereocenters. The third-order valence-electron chi connectivity index (χ3n) is 2.28. The van der Waals surface area contributed by atoms with E-state index in [1.165, 1.54) is 12.8 Å². The Labute approximate surface area is 92.3 Å². The van der Waals surface area contributed by atoms with Crippen molar-refractivity contribution in [3.05, 3.63) is 22.2 Å². The monoisotopic (exact) mass is 250 g/mol. The van der Waals surface area contributed by atoms with Crippen molar-refractivity contribution in [1.29, 1.82) is 0 Å². The summed E-state index contributed by atoms with van der Waals surface area (Å²) in [7, 11) is 0. The van der Waals surface area contributed by atoms with Gasteiger partial charge < -0.3 is 0 Å². The quantitative estimate of drug-likeness (QED) is 0.772. The van der Waals surface area contributed by atoms with E-state index in [1.54, 1.807) is 0 Å². The molecule has 1 aromatic heterocycles. The van der Waals surface area contributed by atoms with Gasteiger partial charge in [-0.05, 0) is 28.8 Å². The van der Waals surface area contributed by atoms with Crippen LogP contribution in [-0.4, -0.2) is 9.97 Å². The standard InChI is InChI=1S/C11H11BrN2/c1-2-3-4-10-9(12)7-13-11(14-10)8-5-6-8/h1,7-8H,3-6H2. The maximum absolute atomic E-state index is 5.23. The normalized spacial score (nSPS) is 15.1. The molecule has 1 aliphatic carbocycles. The van der Waals surface area contributed by atoms with Crippen LogP contribution in [0, 0.1) is 12.3 Å². The molecule has 1 aromatic rings. The van der Waals surface area contributed by atoms with Crippen molar-refractivity contribution in [3.8, 4) is 12.3 Å². The number of nitrogens with zero attached hydrogens (tertiary/aromatic N) is 2. The topological polar surface area (TPSA) is 25.8 Å². The fourth-order valence-corrected chi connectivity index (χ4v) is 1.71. The summed E-state index contributed by atoms with van der Waals surface area (Å²) in [6.07, 6.45) is 11.1. The van der Waals surface area contributed by atoms with Gasteiger partial charge in [0.05, 0.1) is 10.2 Å². The highest BCUT2D eigenvalue weighted by Gasteiger charge is 2.26. The minimum atomic E-state index is 0.604. The number of rotatable bonds is 3. The lowest BCUT2D eigenvalue weighted by Crippen LogP contribution is -1.98. The molecule has 1 aliphatic rings. The molecule has 3 heteroatoms. The van der Waals surface area contributed by atoms with E-state index in [0.29, 0.717) is 5.92 Å². The second-order valence-electron chi connectivity index (χ2n) is 3.50. The first kappa shape index (κ1) is 9.67. The Morgan fingerprint density at radius 2 is 2.36 bits per heavy atom. The lowest BCUT2D eigenvalue weighted by molar-refractivity contribution is 0.852. The maximum atomic E-state index is 5.23. The Hall–Kier alpha value is -0.880. The van der Waals surface area contributed by atoms with Crippen LogP contribution in [0.25, 0.3) is 0 Å². The van der Waals surface area contributed by atoms with E-state index >= 15 is 0 Å². The highest BCUT2D eigenvalue weighted by molar-refractivity contribution is 9.10. The van der Waals surface area contributed by atoms with Crippen LogP contribution in [0.4, 0.5) is 0 Å². The largest absolute Gasteiger partial charge is 0.240 e. The lowest BCUT2D eigenvalue weighted by atomic mass is 10.2. The van der Waals surface area contributed by atoms with Crippen molar-refractivity contribution in [1.82, 2.24) is 9.97 Å². The van der Waals surface area contributed by atoms with Crippen LogP contribution < -0.4 is 0 Å². The first-order valence-corrected chi connectivity index (χ1v) is 5.55. The zero-order valence-corrected chi connectivity index (χ0v) is 9.42. The van der Waals surface area contributed by atoms with Gasteiger partial charge in [-0.25, -0.2) is 9.97 Å². The van der Waals surface area contributed by atoms with E-state index in [1.807, 2.05) is 6.20 Å². The number of hydrogen-bond acceptors (Lipinski definition) is 2. The summed E-state index contributed by atoms with van der Waals surface area (Å²) >= 11 is 3.44. The molecule has 1 heterocycles. The third kappa shape index (κ3) is 2.13. The van der Waals surface area contributed by atoms with Crippen molar-refractivity contribution >= 4 is 15.9 Å². The molecule has 2 rings (SSSR count). The predicted octanol–water partition coefficient (Wildman–Crippen LogP) is 2.68. The van der Waals surface area contributed by atoms with Gasteiger partial charge in [-0.3, -0.25) is 0 Å². The molecule has 0 aliphatic heterocycles. The minimum absolute atomic E-state index is 0.604. The SMILES string of the molecule is C#CCCc1nc(C2CC2)ncc1Br. The summed E-state index contributed by atoms with van der Waals surface area (Å²) in [5.41, 5.74) is 1.04. The second kappa shape index (κ2) is 4.10. The number of aromatic nitrogens is 2. The lowest BCUT2D eigenvalue weighted by Gasteiger charge is -2.03. The molecule has 1 fully saturated rings. The molecule has 0 bridgehead atoms. The molecule has 0 spiro atoms. The summed E-state index contributed by atoms with van der Waals surface area (Å²) in [5, 5.41) is 0. The van der Waals surface area contributed by atoms with E-state index in [-0.39, 0.29) is 0 Å². The van der Waals surface area contributed by atoms with Crippen LogP contribution >= 0.6 is 15.9 Å². The predicted molar refractivity (Wildman–Crippen MR) is 58.9 cm³/mol. The second-order valence-corrected chi connectivity index (χ2v) is 4.36. The number of aryl methyl sites for hydroxylation is 1. The summed E-state index contributed by atoms with van der Waals surface area (Å²) in [5.74, 6) is 4.22. The molecular weight excluding hydrogens is 240 g/mol. The smallest absolute Gasteiger partial charge is 0.131 e. The average molecular weight is 251 g/mol. The van der Waals surface area contributed by atoms with Crippen LogP contribution in [0.5, 0.6) is 0 Å². The van der Waals surface area contributed by atoms with Crippen molar-refractivity contribution in [3.63, 3.8) is 0 Å². The van der Waals surface area contributed by atoms with E-state index in [9.17, 15) is 0 Å². The molecule has 0 radical (unpaired) electrons. The molecular formula is C11H11BrN2. The van der Waals surface area contributed by atoms with Gasteiger partial charge in [0, 0.05) is 25.0 Å². The molecule has 72 valence electrons. The van der Waals surface area contributed by atoms with E-state index in [2.05, 4.69) is 31.8 Å². The Bertz CT molecular complexity index is 377. The number of hydrogen-bond donors (Lipinski definition) is 0. The molecule has 0 saturated heterocycles. The van der Waals surface area contributed by atoms with Crippen LogP contribution in [0.3, 0.4) is 0 Å². The Balaban J connectivity index is 2.19. The zero-order valence-electron chi connectivity index (χ0n) is 7.83. The molecule has 0 amide bonds. The van der Waals surface area contributed by atoms with Crippen LogP contribution in [0.2, 0.25) is 0 Å². The Morgan fingerprint density at radius 3 is 3.00 bits per heavy atom. The van der Waals surface area contributed by atoms with Gasteiger partial charge >= 0.3 is 0 Å². The summed E-state index contributed by atoms with van der Waals surface area (Å²) in [6, 6.07) is 0. The first-order valence-electron chi connectivity index (χ1n) is 4.76. The highest BCUT2D eigenvalue weighted by Crippen LogP contribution is 2.38. The highest BCUT2D eigenvalue weighted by atomic mass is 79.9. The molecule has 0 N–H and O–H groups in total. The van der Waals surface area contributed by atoms with Gasteiger partial charge in [-0.15, -0.1) is 12.3 Å². The van der Waals surface area contributed by atoms with Crippen LogP contribution in [0.15, 0.2) is 10.7 Å². The molecule has 0 atom stereocenters. The number of terminal acetylenes is 1. The third-order valence-corrected chi connectivity index (χ3v) is 2.95. The van der Waals surface area contributed by atoms with Crippen LogP contribution in [0.1, 0.15) is 36.7 Å². The summed E-state index contributed by atoms with van der Waals surface area (Å²) < 4.78 is 0.970. The van der Waals surface area contributed by atoms with E-state index in [0.717, 1.165) is 28.8 Å². The van der Waals surface area contributed by atoms with Crippen molar-refractivity contribution < 1.29 is 0 Å². The Morgan fingerprint density at radius 1 is 1.57 bits per heavy atom. The van der Waals surface area contributed by atoms with Crippen molar-refractivity contribution in [2.75, 3.05) is 0 Å². The van der Waals surface area contributed by atoms with Gasteiger partial charge in [-0.1, -0.05) is 0 Å². The maximum Gasteiger partial charge on any atom is 0.131 e. The molecule has 0 aromatic carbocycles. The fraction of sp³-hybridized carbons (Fsp3) is 0.455. The minimum Gasteiger partial charge on any atom is -0.240 e. The zero-order chi connectivity index (χ0) is 9.97.